The monoisotopic (exact) mass is 518 g/mol. The van der Waals surface area contributed by atoms with Crippen LogP contribution in [0, 0.1) is 13.8 Å². The number of nitrogens with one attached hydrogen (secondary N) is 1. The van der Waals surface area contributed by atoms with Gasteiger partial charge in [-0.3, -0.25) is 4.98 Å². The Balaban J connectivity index is 1.73. The number of aryl methyl sites for hydroxylation is 1. The van der Waals surface area contributed by atoms with Crippen LogP contribution in [0.2, 0.25) is 5.02 Å². The fourth-order valence-electron chi connectivity index (χ4n) is 4.93. The third-order valence-corrected chi connectivity index (χ3v) is 7.01. The minimum atomic E-state index is -1.000. The number of para-hydroxylation sites is 1. The van der Waals surface area contributed by atoms with E-state index in [0.29, 0.717) is 21.5 Å². The van der Waals surface area contributed by atoms with Gasteiger partial charge in [-0.15, -0.1) is 0 Å². The summed E-state index contributed by atoms with van der Waals surface area (Å²) < 4.78 is 1.94. The molecule has 9 heteroatoms. The van der Waals surface area contributed by atoms with Crippen LogP contribution >= 0.6 is 23.8 Å². The van der Waals surface area contributed by atoms with Gasteiger partial charge in [0.25, 0.3) is 0 Å². The van der Waals surface area contributed by atoms with E-state index in [4.69, 9.17) is 23.8 Å². The molecule has 2 aromatic carbocycles. The Morgan fingerprint density at radius 3 is 2.53 bits per heavy atom. The number of thiocarbonyl (C=S) groups is 1. The second-order valence-corrected chi connectivity index (χ2v) is 9.44. The van der Waals surface area contributed by atoms with E-state index < -0.39 is 12.0 Å². The van der Waals surface area contributed by atoms with Gasteiger partial charge in [0.2, 0.25) is 0 Å². The molecule has 3 N–H and O–H groups in total. The van der Waals surface area contributed by atoms with E-state index in [1.54, 1.807) is 36.5 Å². The van der Waals surface area contributed by atoms with Gasteiger partial charge in [0.05, 0.1) is 34.7 Å². The van der Waals surface area contributed by atoms with Gasteiger partial charge in [0.1, 0.15) is 5.75 Å². The standard InChI is InChI=1S/C27H23ClN4O3S/c1-15-13-19(16(2)31(15)21-9-4-3-7-18(21)26(34)35)25-24(20-8-5-6-12-29-20)30-27(36)32(25)22-14-17(28)10-11-23(22)33/h3-14,24-25,33H,1-2H3,(H,30,36)(H,34,35)/t24-,25+/m0/s1. The third kappa shape index (κ3) is 3.98. The molecule has 0 unspecified atom stereocenters. The lowest BCUT2D eigenvalue weighted by atomic mass is 9.96. The molecule has 0 saturated carbocycles. The summed E-state index contributed by atoms with van der Waals surface area (Å²) >= 11 is 12.1. The van der Waals surface area contributed by atoms with Gasteiger partial charge in [0, 0.05) is 22.6 Å². The SMILES string of the molecule is Cc1cc([C@@H]2[C@H](c3ccccn3)NC(=S)N2c2cc(Cl)ccc2O)c(C)n1-c1ccccc1C(=O)O. The number of hydrogen-bond donors (Lipinski definition) is 3. The molecule has 1 saturated heterocycles. The number of halogens is 1. The first-order chi connectivity index (χ1) is 17.3. The zero-order valence-corrected chi connectivity index (χ0v) is 21.1. The summed E-state index contributed by atoms with van der Waals surface area (Å²) in [6, 6.07) is 18.7. The van der Waals surface area contributed by atoms with Gasteiger partial charge < -0.3 is 25.0 Å². The Labute approximate surface area is 218 Å². The molecule has 0 bridgehead atoms. The summed E-state index contributed by atoms with van der Waals surface area (Å²) in [4.78, 5) is 18.4. The molecule has 1 aliphatic heterocycles. The molecule has 0 radical (unpaired) electrons. The van der Waals surface area contributed by atoms with Crippen molar-refractivity contribution in [2.24, 2.45) is 0 Å². The number of nitrogens with zero attached hydrogens (tertiary/aromatic N) is 3. The van der Waals surface area contributed by atoms with Crippen molar-refractivity contribution in [3.8, 4) is 11.4 Å². The maximum absolute atomic E-state index is 12.0. The fraction of sp³-hybridized carbons (Fsp3) is 0.148. The fourth-order valence-corrected chi connectivity index (χ4v) is 5.43. The molecule has 0 aliphatic carbocycles. The number of hydrogen-bond acceptors (Lipinski definition) is 4. The van der Waals surface area contributed by atoms with Crippen molar-refractivity contribution in [1.82, 2.24) is 14.9 Å². The summed E-state index contributed by atoms with van der Waals surface area (Å²) in [6.45, 7) is 3.89. The minimum absolute atomic E-state index is 0.0419. The molecular formula is C27H23ClN4O3S. The summed E-state index contributed by atoms with van der Waals surface area (Å²) in [5.41, 5.74) is 4.66. The van der Waals surface area contributed by atoms with Gasteiger partial charge in [-0.2, -0.15) is 0 Å². The number of aromatic carboxylic acids is 1. The van der Waals surface area contributed by atoms with Crippen molar-refractivity contribution in [2.75, 3.05) is 4.90 Å². The number of aromatic hydroxyl groups is 1. The van der Waals surface area contributed by atoms with Crippen LogP contribution in [0.1, 0.15) is 45.1 Å². The molecule has 36 heavy (non-hydrogen) atoms. The molecule has 7 nitrogen and oxygen atoms in total. The number of benzene rings is 2. The lowest BCUT2D eigenvalue weighted by Gasteiger charge is -2.29. The van der Waals surface area contributed by atoms with Crippen LogP contribution in [0.5, 0.6) is 5.75 Å². The molecule has 3 heterocycles. The Bertz CT molecular complexity index is 1490. The highest BCUT2D eigenvalue weighted by atomic mass is 35.5. The topological polar surface area (TPSA) is 90.6 Å². The van der Waals surface area contributed by atoms with Crippen LogP contribution in [0.3, 0.4) is 0 Å². The van der Waals surface area contributed by atoms with Crippen LogP contribution in [0.25, 0.3) is 5.69 Å². The number of rotatable bonds is 5. The van der Waals surface area contributed by atoms with Crippen molar-refractivity contribution in [3.05, 3.63) is 106 Å². The van der Waals surface area contributed by atoms with Crippen LogP contribution in [0.15, 0.2) is 72.9 Å². The zero-order chi connectivity index (χ0) is 25.6. The largest absolute Gasteiger partial charge is 0.506 e. The molecular weight excluding hydrogens is 496 g/mol. The summed E-state index contributed by atoms with van der Waals surface area (Å²) in [6.07, 6.45) is 1.73. The lowest BCUT2D eigenvalue weighted by Crippen LogP contribution is -2.29. The van der Waals surface area contributed by atoms with Crippen molar-refractivity contribution >= 4 is 40.6 Å². The van der Waals surface area contributed by atoms with E-state index in [-0.39, 0.29) is 17.4 Å². The van der Waals surface area contributed by atoms with E-state index in [9.17, 15) is 15.0 Å². The first-order valence-corrected chi connectivity index (χ1v) is 12.1. The van der Waals surface area contributed by atoms with Crippen LogP contribution in [-0.2, 0) is 0 Å². The molecule has 5 rings (SSSR count). The Morgan fingerprint density at radius 1 is 1.06 bits per heavy atom. The van der Waals surface area contributed by atoms with Crippen LogP contribution in [-0.4, -0.2) is 30.8 Å². The number of pyridine rings is 1. The van der Waals surface area contributed by atoms with Crippen molar-refractivity contribution in [2.45, 2.75) is 25.9 Å². The Kier molecular flexibility index (Phi) is 6.15. The number of phenols is 1. The predicted molar refractivity (Wildman–Crippen MR) is 143 cm³/mol. The van der Waals surface area contributed by atoms with E-state index >= 15 is 0 Å². The number of aromatic nitrogens is 2. The smallest absolute Gasteiger partial charge is 0.337 e. The summed E-state index contributed by atoms with van der Waals surface area (Å²) in [7, 11) is 0. The first kappa shape index (κ1) is 23.8. The number of carboxylic acid groups (broad SMARTS) is 1. The highest BCUT2D eigenvalue weighted by Gasteiger charge is 2.43. The molecule has 1 aliphatic rings. The molecule has 1 fully saturated rings. The van der Waals surface area contributed by atoms with Gasteiger partial charge in [-0.25, -0.2) is 4.79 Å². The number of anilines is 1. The number of carbonyl (C=O) groups is 1. The van der Waals surface area contributed by atoms with Crippen molar-refractivity contribution < 1.29 is 15.0 Å². The van der Waals surface area contributed by atoms with Crippen molar-refractivity contribution in [3.63, 3.8) is 0 Å². The zero-order valence-electron chi connectivity index (χ0n) is 19.5. The average molecular weight is 519 g/mol. The van der Waals surface area contributed by atoms with Gasteiger partial charge in [0.15, 0.2) is 5.11 Å². The van der Waals surface area contributed by atoms with Crippen molar-refractivity contribution in [1.29, 1.82) is 0 Å². The third-order valence-electron chi connectivity index (χ3n) is 6.46. The molecule has 0 amide bonds. The van der Waals surface area contributed by atoms with Gasteiger partial charge >= 0.3 is 5.97 Å². The van der Waals surface area contributed by atoms with Gasteiger partial charge in [-0.05, 0) is 80.2 Å². The lowest BCUT2D eigenvalue weighted by molar-refractivity contribution is 0.0697. The molecule has 182 valence electrons. The highest BCUT2D eigenvalue weighted by Crippen LogP contribution is 2.46. The van der Waals surface area contributed by atoms with Crippen LogP contribution in [0.4, 0.5) is 5.69 Å². The molecule has 2 aromatic heterocycles. The maximum Gasteiger partial charge on any atom is 0.337 e. The van der Waals surface area contributed by atoms with E-state index in [1.807, 2.05) is 53.6 Å². The molecule has 4 aromatic rings. The van der Waals surface area contributed by atoms with E-state index in [1.165, 1.54) is 6.07 Å². The maximum atomic E-state index is 12.0. The second kappa shape index (κ2) is 9.29. The first-order valence-electron chi connectivity index (χ1n) is 11.3. The normalized spacial score (nSPS) is 17.3. The van der Waals surface area contributed by atoms with E-state index in [2.05, 4.69) is 10.3 Å². The van der Waals surface area contributed by atoms with Gasteiger partial charge in [-0.1, -0.05) is 29.8 Å². The number of carboxylic acids is 1. The minimum Gasteiger partial charge on any atom is -0.506 e. The predicted octanol–water partition coefficient (Wildman–Crippen LogP) is 5.72. The molecule has 0 spiro atoms. The van der Waals surface area contributed by atoms with Crippen LogP contribution < -0.4 is 10.2 Å². The van der Waals surface area contributed by atoms with E-state index in [0.717, 1.165) is 22.6 Å². The average Bonchev–Trinajstić information content (AvgIpc) is 3.36. The number of phenolic OH excluding ortho intramolecular Hbond substituents is 1. The molecule has 2 atom stereocenters. The second-order valence-electron chi connectivity index (χ2n) is 8.61. The quantitative estimate of drug-likeness (QED) is 0.291. The Morgan fingerprint density at radius 2 is 1.81 bits per heavy atom. The summed E-state index contributed by atoms with van der Waals surface area (Å²) in [5.74, 6) is -0.958. The summed E-state index contributed by atoms with van der Waals surface area (Å²) in [5, 5.41) is 24.8. The highest BCUT2D eigenvalue weighted by molar-refractivity contribution is 7.80. The Hall–Kier alpha value is -3.88.